The fourth-order valence-electron chi connectivity index (χ4n) is 1.91. The maximum Gasteiger partial charge on any atom is 0.252 e. The quantitative estimate of drug-likeness (QED) is 0.816. The second-order valence-corrected chi connectivity index (χ2v) is 4.13. The van der Waals surface area contributed by atoms with E-state index in [0.29, 0.717) is 6.54 Å². The van der Waals surface area contributed by atoms with E-state index >= 15 is 0 Å². The Morgan fingerprint density at radius 2 is 1.94 bits per heavy atom. The van der Waals surface area contributed by atoms with Crippen LogP contribution in [0.15, 0.2) is 12.1 Å². The second-order valence-electron chi connectivity index (χ2n) is 3.73. The van der Waals surface area contributed by atoms with Crippen molar-refractivity contribution in [3.63, 3.8) is 0 Å². The van der Waals surface area contributed by atoms with E-state index in [4.69, 9.17) is 11.6 Å². The third-order valence-electron chi connectivity index (χ3n) is 2.62. The molecule has 0 bridgehead atoms. The summed E-state index contributed by atoms with van der Waals surface area (Å²) in [5.41, 5.74) is 0.566. The molecule has 0 unspecified atom stereocenters. The zero-order valence-corrected chi connectivity index (χ0v) is 9.93. The number of nitrogens with one attached hydrogen (secondary N) is 1. The Morgan fingerprint density at radius 1 is 1.29 bits per heavy atom. The first-order chi connectivity index (χ1) is 8.06. The molecule has 1 aliphatic carbocycles. The number of amides is 1. The van der Waals surface area contributed by atoms with E-state index in [1.54, 1.807) is 6.92 Å². The Bertz CT molecular complexity index is 537. The van der Waals surface area contributed by atoms with E-state index in [1.165, 1.54) is 12.1 Å². The highest BCUT2D eigenvalue weighted by atomic mass is 35.5. The molecule has 5 heteroatoms. The van der Waals surface area contributed by atoms with Gasteiger partial charge >= 0.3 is 0 Å². The van der Waals surface area contributed by atoms with Gasteiger partial charge in [-0.15, -0.1) is 0 Å². The summed E-state index contributed by atoms with van der Waals surface area (Å²) in [6.07, 6.45) is -0.203. The lowest BCUT2D eigenvalue weighted by molar-refractivity contribution is 0.0908. The number of carbonyl (C=O) groups is 3. The van der Waals surface area contributed by atoms with Crippen molar-refractivity contribution in [2.45, 2.75) is 13.3 Å². The van der Waals surface area contributed by atoms with Crippen LogP contribution in [0.2, 0.25) is 5.02 Å². The van der Waals surface area contributed by atoms with Gasteiger partial charge in [0.1, 0.15) is 0 Å². The summed E-state index contributed by atoms with van der Waals surface area (Å²) in [5, 5.41) is 2.83. The predicted molar refractivity (Wildman–Crippen MR) is 62.7 cm³/mol. The molecule has 1 aliphatic rings. The van der Waals surface area contributed by atoms with E-state index in [1.807, 2.05) is 0 Å². The Balaban J connectivity index is 2.61. The van der Waals surface area contributed by atoms with Gasteiger partial charge in [0.15, 0.2) is 11.6 Å². The maximum atomic E-state index is 11.8. The molecule has 0 aromatic heterocycles. The van der Waals surface area contributed by atoms with Crippen molar-refractivity contribution in [2.24, 2.45) is 0 Å². The Kier molecular flexibility index (Phi) is 2.98. The number of carbonyl (C=O) groups excluding carboxylic acids is 3. The number of hydrogen-bond acceptors (Lipinski definition) is 3. The molecule has 1 aromatic rings. The first-order valence-electron chi connectivity index (χ1n) is 5.23. The third-order valence-corrected chi connectivity index (χ3v) is 2.93. The number of Topliss-reactive ketones (excluding diaryl/α,β-unsaturated/α-hetero) is 2. The molecule has 1 aromatic carbocycles. The molecule has 0 atom stereocenters. The van der Waals surface area contributed by atoms with Crippen LogP contribution in [0, 0.1) is 0 Å². The number of halogens is 1. The van der Waals surface area contributed by atoms with Gasteiger partial charge in [0, 0.05) is 17.7 Å². The molecule has 0 aliphatic heterocycles. The zero-order chi connectivity index (χ0) is 12.6. The molecular formula is C12H10ClNO3. The largest absolute Gasteiger partial charge is 0.352 e. The van der Waals surface area contributed by atoms with Crippen LogP contribution in [0.3, 0.4) is 0 Å². The van der Waals surface area contributed by atoms with Crippen LogP contribution in [-0.4, -0.2) is 24.0 Å². The monoisotopic (exact) mass is 251 g/mol. The van der Waals surface area contributed by atoms with Gasteiger partial charge in [-0.3, -0.25) is 14.4 Å². The van der Waals surface area contributed by atoms with Crippen LogP contribution in [0.1, 0.15) is 44.4 Å². The molecule has 0 spiro atoms. The van der Waals surface area contributed by atoms with Gasteiger partial charge in [-0.2, -0.15) is 0 Å². The first-order valence-corrected chi connectivity index (χ1v) is 5.61. The van der Waals surface area contributed by atoms with Gasteiger partial charge in [-0.25, -0.2) is 0 Å². The molecular weight excluding hydrogens is 242 g/mol. The van der Waals surface area contributed by atoms with E-state index in [-0.39, 0.29) is 45.6 Å². The predicted octanol–water partition coefficient (Wildman–Crippen LogP) is 1.86. The molecule has 17 heavy (non-hydrogen) atoms. The average Bonchev–Trinajstić information content (AvgIpc) is 2.56. The lowest BCUT2D eigenvalue weighted by Crippen LogP contribution is -2.24. The molecule has 2 rings (SSSR count). The molecule has 88 valence electrons. The van der Waals surface area contributed by atoms with Crippen LogP contribution in [0.5, 0.6) is 0 Å². The molecule has 0 fully saturated rings. The molecule has 4 nitrogen and oxygen atoms in total. The number of ketones is 2. The van der Waals surface area contributed by atoms with Gasteiger partial charge in [-0.1, -0.05) is 11.6 Å². The highest BCUT2D eigenvalue weighted by molar-refractivity contribution is 6.39. The zero-order valence-electron chi connectivity index (χ0n) is 9.17. The number of benzene rings is 1. The molecule has 0 saturated heterocycles. The van der Waals surface area contributed by atoms with Gasteiger partial charge in [-0.05, 0) is 19.1 Å². The number of hydrogen-bond donors (Lipinski definition) is 1. The van der Waals surface area contributed by atoms with Crippen molar-refractivity contribution in [3.05, 3.63) is 33.8 Å². The van der Waals surface area contributed by atoms with Crippen molar-refractivity contribution in [3.8, 4) is 0 Å². The molecule has 0 saturated carbocycles. The highest BCUT2D eigenvalue weighted by Crippen LogP contribution is 2.31. The lowest BCUT2D eigenvalue weighted by Gasteiger charge is -2.07. The van der Waals surface area contributed by atoms with Gasteiger partial charge in [0.2, 0.25) is 0 Å². The molecule has 0 heterocycles. The maximum absolute atomic E-state index is 11.8. The Hall–Kier alpha value is -1.68. The summed E-state index contributed by atoms with van der Waals surface area (Å²) >= 11 is 5.88. The highest BCUT2D eigenvalue weighted by Gasteiger charge is 2.33. The van der Waals surface area contributed by atoms with E-state index in [2.05, 4.69) is 5.32 Å². The van der Waals surface area contributed by atoms with Crippen LogP contribution in [0.25, 0.3) is 0 Å². The first kappa shape index (κ1) is 11.8. The lowest BCUT2D eigenvalue weighted by atomic mass is 10.0. The number of rotatable bonds is 2. The van der Waals surface area contributed by atoms with Crippen LogP contribution < -0.4 is 5.32 Å². The van der Waals surface area contributed by atoms with Gasteiger partial charge < -0.3 is 5.32 Å². The SMILES string of the molecule is CCNC(=O)c1ccc(Cl)c2c1C(=O)CC2=O. The van der Waals surface area contributed by atoms with Crippen molar-refractivity contribution in [2.75, 3.05) is 6.54 Å². The van der Waals surface area contributed by atoms with Crippen LogP contribution in [-0.2, 0) is 0 Å². The minimum absolute atomic E-state index is 0.161. The van der Waals surface area contributed by atoms with Crippen molar-refractivity contribution < 1.29 is 14.4 Å². The fraction of sp³-hybridized carbons (Fsp3) is 0.250. The van der Waals surface area contributed by atoms with Gasteiger partial charge in [0.05, 0.1) is 17.0 Å². The summed E-state index contributed by atoms with van der Waals surface area (Å²) in [6.45, 7) is 2.24. The number of fused-ring (bicyclic) bond motifs is 1. The second kappa shape index (κ2) is 4.30. The van der Waals surface area contributed by atoms with Crippen molar-refractivity contribution in [1.82, 2.24) is 5.32 Å². The Morgan fingerprint density at radius 3 is 2.59 bits per heavy atom. The van der Waals surface area contributed by atoms with Crippen LogP contribution in [0.4, 0.5) is 0 Å². The fourth-order valence-corrected chi connectivity index (χ4v) is 2.17. The third kappa shape index (κ3) is 1.85. The topological polar surface area (TPSA) is 63.2 Å². The van der Waals surface area contributed by atoms with E-state index in [9.17, 15) is 14.4 Å². The van der Waals surface area contributed by atoms with E-state index in [0.717, 1.165) is 0 Å². The Labute approximate surface area is 103 Å². The smallest absolute Gasteiger partial charge is 0.252 e. The molecule has 1 N–H and O–H groups in total. The summed E-state index contributed by atoms with van der Waals surface area (Å²) in [4.78, 5) is 35.0. The summed E-state index contributed by atoms with van der Waals surface area (Å²) < 4.78 is 0. The van der Waals surface area contributed by atoms with Gasteiger partial charge in [0.25, 0.3) is 5.91 Å². The minimum Gasteiger partial charge on any atom is -0.352 e. The van der Waals surface area contributed by atoms with Crippen molar-refractivity contribution >= 4 is 29.1 Å². The summed E-state index contributed by atoms with van der Waals surface area (Å²) in [6, 6.07) is 2.95. The standard InChI is InChI=1S/C12H10ClNO3/c1-2-14-12(17)6-3-4-7(13)11-9(16)5-8(15)10(6)11/h3-4H,2,5H2,1H3,(H,14,17). The molecule has 1 amide bonds. The minimum atomic E-state index is -0.358. The summed E-state index contributed by atoms with van der Waals surface area (Å²) in [5.74, 6) is -1.02. The van der Waals surface area contributed by atoms with Crippen molar-refractivity contribution in [1.29, 1.82) is 0 Å². The molecule has 0 radical (unpaired) electrons. The van der Waals surface area contributed by atoms with Crippen LogP contribution >= 0.6 is 11.6 Å². The van der Waals surface area contributed by atoms with E-state index < -0.39 is 0 Å². The normalized spacial score (nSPS) is 13.8. The summed E-state index contributed by atoms with van der Waals surface area (Å²) in [7, 11) is 0. The average molecular weight is 252 g/mol.